The van der Waals surface area contributed by atoms with Crippen molar-refractivity contribution in [2.75, 3.05) is 0 Å². The molecule has 19 heavy (non-hydrogen) atoms. The maximum Gasteiger partial charge on any atom is 0.0839 e. The highest BCUT2D eigenvalue weighted by atomic mass is 35.5. The zero-order chi connectivity index (χ0) is 14.0. The number of halogens is 1. The highest BCUT2D eigenvalue weighted by Crippen LogP contribution is 2.47. The van der Waals surface area contributed by atoms with Gasteiger partial charge in [0, 0.05) is 10.7 Å². The molecular formula is C16H21ClN2. The van der Waals surface area contributed by atoms with E-state index in [0.717, 1.165) is 24.1 Å². The molecule has 1 aliphatic carbocycles. The number of hydrogen-bond donors (Lipinski definition) is 2. The average Bonchev–Trinajstić information content (AvgIpc) is 3.20. The minimum atomic E-state index is -0.573. The summed E-state index contributed by atoms with van der Waals surface area (Å²) in [5.74, 6) is 0.426. The SMILES string of the molecule is CC(C)=C/C=C(\N)C(N)(c1ccc(Cl)cc1)C1CC1. The first kappa shape index (κ1) is 14.2. The van der Waals surface area contributed by atoms with Gasteiger partial charge in [0.1, 0.15) is 0 Å². The molecule has 1 atom stereocenters. The van der Waals surface area contributed by atoms with Gasteiger partial charge in [-0.05, 0) is 56.4 Å². The van der Waals surface area contributed by atoms with E-state index in [9.17, 15) is 0 Å². The summed E-state index contributed by atoms with van der Waals surface area (Å²) in [6, 6.07) is 7.69. The highest BCUT2D eigenvalue weighted by Gasteiger charge is 2.45. The summed E-state index contributed by atoms with van der Waals surface area (Å²) in [7, 11) is 0. The Balaban J connectivity index is 2.40. The van der Waals surface area contributed by atoms with Crippen LogP contribution in [0.5, 0.6) is 0 Å². The lowest BCUT2D eigenvalue weighted by atomic mass is 9.82. The van der Waals surface area contributed by atoms with Crippen LogP contribution < -0.4 is 11.5 Å². The first-order valence-corrected chi connectivity index (χ1v) is 6.98. The van der Waals surface area contributed by atoms with Crippen LogP contribution in [0.2, 0.25) is 5.02 Å². The first-order chi connectivity index (χ1) is 8.94. The van der Waals surface area contributed by atoms with E-state index in [1.54, 1.807) is 0 Å². The molecule has 0 saturated heterocycles. The average molecular weight is 277 g/mol. The Kier molecular flexibility index (Phi) is 4.02. The van der Waals surface area contributed by atoms with Crippen LogP contribution in [0, 0.1) is 5.92 Å². The zero-order valence-corrected chi connectivity index (χ0v) is 12.2. The predicted octanol–water partition coefficient (Wildman–Crippen LogP) is 3.71. The Morgan fingerprint density at radius 2 is 1.79 bits per heavy atom. The summed E-state index contributed by atoms with van der Waals surface area (Å²) < 4.78 is 0. The highest BCUT2D eigenvalue weighted by molar-refractivity contribution is 6.30. The van der Waals surface area contributed by atoms with Crippen LogP contribution in [0.3, 0.4) is 0 Å². The first-order valence-electron chi connectivity index (χ1n) is 6.60. The maximum absolute atomic E-state index is 6.64. The molecule has 0 spiro atoms. The van der Waals surface area contributed by atoms with Crippen molar-refractivity contribution in [1.29, 1.82) is 0 Å². The molecule has 0 aliphatic heterocycles. The molecule has 0 amide bonds. The molecule has 1 aromatic carbocycles. The van der Waals surface area contributed by atoms with Gasteiger partial charge < -0.3 is 11.5 Å². The fourth-order valence-corrected chi connectivity index (χ4v) is 2.42. The molecular weight excluding hydrogens is 256 g/mol. The number of benzene rings is 1. The van der Waals surface area contributed by atoms with Gasteiger partial charge >= 0.3 is 0 Å². The van der Waals surface area contributed by atoms with Crippen molar-refractivity contribution >= 4 is 11.6 Å². The molecule has 1 saturated carbocycles. The lowest BCUT2D eigenvalue weighted by Crippen LogP contribution is -2.44. The molecule has 1 aromatic rings. The minimum absolute atomic E-state index is 0.426. The standard InChI is InChI=1S/C16H21ClN2/c1-11(2)3-10-15(18)16(19,12-4-5-12)13-6-8-14(17)9-7-13/h3,6-10,12H,4-5,18-19H2,1-2H3/b15-10-. The molecule has 102 valence electrons. The van der Waals surface area contributed by atoms with Gasteiger partial charge in [-0.2, -0.15) is 0 Å². The number of nitrogens with two attached hydrogens (primary N) is 2. The molecule has 1 aliphatic rings. The molecule has 0 radical (unpaired) electrons. The summed E-state index contributed by atoms with van der Waals surface area (Å²) >= 11 is 5.94. The second-order valence-electron chi connectivity index (χ2n) is 5.52. The molecule has 0 heterocycles. The van der Waals surface area contributed by atoms with Crippen LogP contribution in [0.25, 0.3) is 0 Å². The van der Waals surface area contributed by atoms with Crippen LogP contribution in [-0.4, -0.2) is 0 Å². The molecule has 2 nitrogen and oxygen atoms in total. The van der Waals surface area contributed by atoms with Crippen LogP contribution in [-0.2, 0) is 5.54 Å². The second-order valence-corrected chi connectivity index (χ2v) is 5.95. The molecule has 4 N–H and O–H groups in total. The largest absolute Gasteiger partial charge is 0.400 e. The fraction of sp³-hybridized carbons (Fsp3) is 0.375. The van der Waals surface area contributed by atoms with Gasteiger partial charge in [0.15, 0.2) is 0 Å². The molecule has 3 heteroatoms. The molecule has 1 unspecified atom stereocenters. The predicted molar refractivity (Wildman–Crippen MR) is 81.7 cm³/mol. The molecule has 0 aromatic heterocycles. The van der Waals surface area contributed by atoms with Crippen molar-refractivity contribution in [3.05, 3.63) is 58.3 Å². The number of allylic oxidation sites excluding steroid dienone is 3. The summed E-state index contributed by atoms with van der Waals surface area (Å²) in [5.41, 5.74) is 15.3. The van der Waals surface area contributed by atoms with Crippen molar-refractivity contribution < 1.29 is 0 Å². The van der Waals surface area contributed by atoms with Gasteiger partial charge in [-0.25, -0.2) is 0 Å². The summed E-state index contributed by atoms with van der Waals surface area (Å²) in [4.78, 5) is 0. The van der Waals surface area contributed by atoms with Crippen molar-refractivity contribution in [2.24, 2.45) is 17.4 Å². The molecule has 1 fully saturated rings. The minimum Gasteiger partial charge on any atom is -0.400 e. The fourth-order valence-electron chi connectivity index (χ4n) is 2.30. The van der Waals surface area contributed by atoms with Crippen molar-refractivity contribution in [1.82, 2.24) is 0 Å². The third kappa shape index (κ3) is 3.02. The Morgan fingerprint density at radius 3 is 2.26 bits per heavy atom. The quantitative estimate of drug-likeness (QED) is 0.824. The summed E-state index contributed by atoms with van der Waals surface area (Å²) in [5, 5.41) is 0.716. The van der Waals surface area contributed by atoms with Gasteiger partial charge in [0.2, 0.25) is 0 Å². The smallest absolute Gasteiger partial charge is 0.0839 e. The van der Waals surface area contributed by atoms with Gasteiger partial charge in [-0.1, -0.05) is 35.4 Å². The topological polar surface area (TPSA) is 52.0 Å². The van der Waals surface area contributed by atoms with Gasteiger partial charge in [0.05, 0.1) is 5.54 Å². The van der Waals surface area contributed by atoms with Crippen LogP contribution >= 0.6 is 11.6 Å². The van der Waals surface area contributed by atoms with Gasteiger partial charge in [-0.15, -0.1) is 0 Å². The normalized spacial score (nSPS) is 18.8. The maximum atomic E-state index is 6.64. The zero-order valence-electron chi connectivity index (χ0n) is 11.5. The Labute approximate surface area is 120 Å². The third-order valence-corrected chi connectivity index (χ3v) is 3.87. The van der Waals surface area contributed by atoms with E-state index < -0.39 is 5.54 Å². The van der Waals surface area contributed by atoms with E-state index in [1.165, 1.54) is 5.57 Å². The van der Waals surface area contributed by atoms with E-state index in [0.29, 0.717) is 10.9 Å². The van der Waals surface area contributed by atoms with Gasteiger partial charge in [0.25, 0.3) is 0 Å². The van der Waals surface area contributed by atoms with E-state index in [4.69, 9.17) is 23.1 Å². The van der Waals surface area contributed by atoms with E-state index in [-0.39, 0.29) is 0 Å². The van der Waals surface area contributed by atoms with Crippen molar-refractivity contribution in [3.8, 4) is 0 Å². The van der Waals surface area contributed by atoms with E-state index in [2.05, 4.69) is 0 Å². The molecule has 2 rings (SSSR count). The lowest BCUT2D eigenvalue weighted by Gasteiger charge is -2.31. The Bertz CT molecular complexity index is 508. The van der Waals surface area contributed by atoms with Crippen LogP contribution in [0.15, 0.2) is 47.7 Å². The van der Waals surface area contributed by atoms with E-state index in [1.807, 2.05) is 50.3 Å². The van der Waals surface area contributed by atoms with Crippen LogP contribution in [0.4, 0.5) is 0 Å². The third-order valence-electron chi connectivity index (χ3n) is 3.62. The van der Waals surface area contributed by atoms with Crippen molar-refractivity contribution in [2.45, 2.75) is 32.2 Å². The Hall–Kier alpha value is -1.25. The number of rotatable bonds is 4. The molecule has 0 bridgehead atoms. The Morgan fingerprint density at radius 1 is 1.21 bits per heavy atom. The summed E-state index contributed by atoms with van der Waals surface area (Å²) in [6.45, 7) is 4.09. The van der Waals surface area contributed by atoms with Gasteiger partial charge in [-0.3, -0.25) is 0 Å². The van der Waals surface area contributed by atoms with Crippen LogP contribution in [0.1, 0.15) is 32.3 Å². The monoisotopic (exact) mass is 276 g/mol. The second kappa shape index (κ2) is 5.40. The lowest BCUT2D eigenvalue weighted by molar-refractivity contribution is 0.451. The van der Waals surface area contributed by atoms with Crippen molar-refractivity contribution in [3.63, 3.8) is 0 Å². The number of hydrogen-bond acceptors (Lipinski definition) is 2. The summed E-state index contributed by atoms with van der Waals surface area (Å²) in [6.07, 6.45) is 6.20. The van der Waals surface area contributed by atoms with E-state index >= 15 is 0 Å².